The molecule has 0 spiro atoms. The number of hydrogen-bond donors (Lipinski definition) is 1. The summed E-state index contributed by atoms with van der Waals surface area (Å²) in [6.07, 6.45) is 0.132. The first-order chi connectivity index (χ1) is 5.92. The van der Waals surface area contributed by atoms with Crippen LogP contribution in [0.25, 0.3) is 0 Å². The van der Waals surface area contributed by atoms with Crippen molar-refractivity contribution in [2.45, 2.75) is 18.8 Å². The second kappa shape index (κ2) is 3.57. The van der Waals surface area contributed by atoms with Crippen LogP contribution in [0.1, 0.15) is 12.8 Å². The number of alkyl halides is 2. The van der Waals surface area contributed by atoms with Gasteiger partial charge in [0.2, 0.25) is 5.91 Å². The Bertz CT molecular complexity index is 208. The minimum atomic E-state index is -2.78. The molecule has 13 heavy (non-hydrogen) atoms. The highest BCUT2D eigenvalue weighted by atomic mass is 19.3. The molecule has 1 unspecified atom stereocenters. The zero-order valence-electron chi connectivity index (χ0n) is 7.59. The van der Waals surface area contributed by atoms with E-state index < -0.39 is 17.7 Å². The number of halogens is 2. The topological polar surface area (TPSA) is 46.3 Å². The van der Waals surface area contributed by atoms with Crippen LogP contribution in [0.4, 0.5) is 8.78 Å². The van der Waals surface area contributed by atoms with Crippen LogP contribution in [-0.2, 0) is 4.79 Å². The molecule has 1 rings (SSSR count). The number of rotatable bonds is 2. The van der Waals surface area contributed by atoms with E-state index in [1.807, 2.05) is 0 Å². The van der Waals surface area contributed by atoms with Crippen molar-refractivity contribution in [2.24, 2.45) is 11.7 Å². The van der Waals surface area contributed by atoms with Crippen LogP contribution in [0.3, 0.4) is 0 Å². The van der Waals surface area contributed by atoms with Gasteiger partial charge in [0.05, 0.1) is 6.54 Å². The summed E-state index contributed by atoms with van der Waals surface area (Å²) >= 11 is 0. The predicted octanol–water partition coefficient (Wildman–Crippen LogP) is 0.449. The molecular formula is C8H14F2N2O. The van der Waals surface area contributed by atoms with Crippen molar-refractivity contribution in [1.82, 2.24) is 4.90 Å². The fourth-order valence-electron chi connectivity index (χ4n) is 1.65. The Hall–Kier alpha value is -0.710. The van der Waals surface area contributed by atoms with Crippen molar-refractivity contribution in [3.8, 4) is 0 Å². The van der Waals surface area contributed by atoms with Crippen molar-refractivity contribution < 1.29 is 13.6 Å². The molecule has 0 radical (unpaired) electrons. The number of nitrogens with zero attached hydrogens (tertiary/aromatic N) is 1. The number of amides is 1. The molecule has 0 saturated carbocycles. The molecule has 0 aromatic heterocycles. The van der Waals surface area contributed by atoms with Crippen LogP contribution < -0.4 is 5.73 Å². The molecule has 0 aromatic carbocycles. The number of likely N-dealkylation sites (tertiary alicyclic amines) is 1. The lowest BCUT2D eigenvalue weighted by Crippen LogP contribution is -2.47. The van der Waals surface area contributed by atoms with Gasteiger partial charge in [0, 0.05) is 12.3 Å². The third kappa shape index (κ3) is 2.62. The fraction of sp³-hybridized carbons (Fsp3) is 0.875. The van der Waals surface area contributed by atoms with Crippen LogP contribution in [0.2, 0.25) is 0 Å². The summed E-state index contributed by atoms with van der Waals surface area (Å²) < 4.78 is 26.5. The van der Waals surface area contributed by atoms with Gasteiger partial charge < -0.3 is 10.6 Å². The summed E-state index contributed by atoms with van der Waals surface area (Å²) in [5.41, 5.74) is 4.89. The molecule has 3 nitrogen and oxygen atoms in total. The molecule has 2 N–H and O–H groups in total. The van der Waals surface area contributed by atoms with Crippen molar-refractivity contribution in [3.63, 3.8) is 0 Å². The predicted molar refractivity (Wildman–Crippen MR) is 44.4 cm³/mol. The van der Waals surface area contributed by atoms with E-state index in [0.29, 0.717) is 13.0 Å². The normalized spacial score (nSPS) is 28.7. The molecular weight excluding hydrogens is 178 g/mol. The van der Waals surface area contributed by atoms with Crippen LogP contribution in [0.15, 0.2) is 0 Å². The highest BCUT2D eigenvalue weighted by Crippen LogP contribution is 2.34. The Morgan fingerprint density at radius 3 is 2.77 bits per heavy atom. The van der Waals surface area contributed by atoms with Crippen LogP contribution in [0.5, 0.6) is 0 Å². The number of hydrogen-bond acceptors (Lipinski definition) is 2. The van der Waals surface area contributed by atoms with E-state index in [-0.39, 0.29) is 13.0 Å². The number of nitrogens with two attached hydrogens (primary N) is 1. The molecule has 1 heterocycles. The molecule has 76 valence electrons. The van der Waals surface area contributed by atoms with Gasteiger partial charge in [-0.2, -0.15) is 0 Å². The Labute approximate surface area is 75.9 Å². The van der Waals surface area contributed by atoms with E-state index in [0.717, 1.165) is 0 Å². The third-order valence-corrected chi connectivity index (χ3v) is 2.38. The zero-order valence-corrected chi connectivity index (χ0v) is 7.59. The average molecular weight is 192 g/mol. The van der Waals surface area contributed by atoms with Crippen LogP contribution in [-0.4, -0.2) is 36.9 Å². The number of carbonyl (C=O) groups excluding carboxylic acids is 1. The standard InChI is InChI=1S/C8H14F2N2O/c1-12-3-2-6(4-7(11)13)8(9,10)5-12/h6H,2-5H2,1H3,(H2,11,13). The molecule has 1 aliphatic heterocycles. The van der Waals surface area contributed by atoms with Crippen molar-refractivity contribution in [2.75, 3.05) is 20.1 Å². The fourth-order valence-corrected chi connectivity index (χ4v) is 1.65. The van der Waals surface area contributed by atoms with Crippen molar-refractivity contribution >= 4 is 5.91 Å². The molecule has 0 aromatic rings. The van der Waals surface area contributed by atoms with E-state index in [2.05, 4.69) is 0 Å². The molecule has 5 heteroatoms. The van der Waals surface area contributed by atoms with Gasteiger partial charge in [-0.15, -0.1) is 0 Å². The highest BCUT2D eigenvalue weighted by Gasteiger charge is 2.43. The first-order valence-corrected chi connectivity index (χ1v) is 4.26. The number of primary amides is 1. The molecule has 1 aliphatic rings. The van der Waals surface area contributed by atoms with Gasteiger partial charge in [0.1, 0.15) is 0 Å². The quantitative estimate of drug-likeness (QED) is 0.690. The summed E-state index contributed by atoms with van der Waals surface area (Å²) in [6.45, 7) is 0.332. The molecule has 1 atom stereocenters. The molecule has 1 saturated heterocycles. The van der Waals surface area contributed by atoms with Crippen molar-refractivity contribution in [3.05, 3.63) is 0 Å². The Morgan fingerprint density at radius 1 is 1.69 bits per heavy atom. The molecule has 1 amide bonds. The number of piperidine rings is 1. The minimum Gasteiger partial charge on any atom is -0.370 e. The molecule has 0 bridgehead atoms. The van der Waals surface area contributed by atoms with E-state index >= 15 is 0 Å². The first-order valence-electron chi connectivity index (χ1n) is 4.26. The highest BCUT2D eigenvalue weighted by molar-refractivity contribution is 5.74. The Balaban J connectivity index is 2.59. The van der Waals surface area contributed by atoms with E-state index in [1.54, 1.807) is 11.9 Å². The SMILES string of the molecule is CN1CCC(CC(N)=O)C(F)(F)C1. The smallest absolute Gasteiger partial charge is 0.263 e. The Morgan fingerprint density at radius 2 is 2.31 bits per heavy atom. The van der Waals surface area contributed by atoms with Gasteiger partial charge in [0.25, 0.3) is 5.92 Å². The lowest BCUT2D eigenvalue weighted by atomic mass is 9.90. The summed E-state index contributed by atoms with van der Waals surface area (Å²) in [6, 6.07) is 0. The molecule has 0 aliphatic carbocycles. The monoisotopic (exact) mass is 192 g/mol. The van der Waals surface area contributed by atoms with Crippen LogP contribution in [0, 0.1) is 5.92 Å². The van der Waals surface area contributed by atoms with Gasteiger partial charge in [-0.3, -0.25) is 4.79 Å². The third-order valence-electron chi connectivity index (χ3n) is 2.38. The second-order valence-corrected chi connectivity index (χ2v) is 3.65. The lowest BCUT2D eigenvalue weighted by Gasteiger charge is -2.35. The maximum Gasteiger partial charge on any atom is 0.263 e. The van der Waals surface area contributed by atoms with Gasteiger partial charge in [-0.05, 0) is 20.0 Å². The van der Waals surface area contributed by atoms with E-state index in [9.17, 15) is 13.6 Å². The average Bonchev–Trinajstić information content (AvgIpc) is 1.93. The number of carbonyl (C=O) groups is 1. The maximum atomic E-state index is 13.2. The van der Waals surface area contributed by atoms with Crippen molar-refractivity contribution in [1.29, 1.82) is 0 Å². The van der Waals surface area contributed by atoms with E-state index in [4.69, 9.17) is 5.73 Å². The van der Waals surface area contributed by atoms with E-state index in [1.165, 1.54) is 0 Å². The summed E-state index contributed by atoms with van der Waals surface area (Å²) in [7, 11) is 1.65. The van der Waals surface area contributed by atoms with Gasteiger partial charge >= 0.3 is 0 Å². The molecule has 1 fully saturated rings. The minimum absolute atomic E-state index is 0.208. The first kappa shape index (κ1) is 10.4. The summed E-state index contributed by atoms with van der Waals surface area (Å²) in [5.74, 6) is -4.29. The van der Waals surface area contributed by atoms with Gasteiger partial charge in [-0.25, -0.2) is 8.78 Å². The Kier molecular flexibility index (Phi) is 2.85. The largest absolute Gasteiger partial charge is 0.370 e. The summed E-state index contributed by atoms with van der Waals surface area (Å²) in [5, 5.41) is 0. The van der Waals surface area contributed by atoms with Gasteiger partial charge in [0.15, 0.2) is 0 Å². The van der Waals surface area contributed by atoms with Gasteiger partial charge in [-0.1, -0.05) is 0 Å². The lowest BCUT2D eigenvalue weighted by molar-refractivity contribution is -0.132. The second-order valence-electron chi connectivity index (χ2n) is 3.65. The summed E-state index contributed by atoms with van der Waals surface area (Å²) in [4.78, 5) is 12.1. The zero-order chi connectivity index (χ0) is 10.1. The van der Waals surface area contributed by atoms with Crippen LogP contribution >= 0.6 is 0 Å². The maximum absolute atomic E-state index is 13.2.